The van der Waals surface area contributed by atoms with Crippen molar-refractivity contribution in [3.8, 4) is 0 Å². The number of hydrogen-bond donors (Lipinski definition) is 0. The molecule has 0 saturated carbocycles. The standard InChI is InChI=1S/C10H8.C6H6.C5H5N.C4H4S.8C2H6/c1-2-6-10-8-4-3-7-9(10)5-1;2*1-2-4-6-5-3-1;1-2-4-5-3-1;8*1-2/h1-8H;1-6H;1-5H;1-4H;8*1-2H3. The molecule has 0 fully saturated rings. The van der Waals surface area contributed by atoms with E-state index in [2.05, 4.69) is 53.5 Å². The minimum atomic E-state index is 1.31. The summed E-state index contributed by atoms with van der Waals surface area (Å²) in [5, 5.41) is 6.70. The number of fused-ring (bicyclic) bond motifs is 1. The molecule has 0 radical (unpaired) electrons. The molecule has 5 rings (SSSR count). The van der Waals surface area contributed by atoms with Crippen molar-refractivity contribution in [3.63, 3.8) is 0 Å². The van der Waals surface area contributed by atoms with Gasteiger partial charge in [0.1, 0.15) is 0 Å². The molecule has 0 aliphatic carbocycles. The smallest absolute Gasteiger partial charge is 0.0267 e. The van der Waals surface area contributed by atoms with Crippen LogP contribution in [0.25, 0.3) is 10.8 Å². The first kappa shape index (κ1) is 55.7. The normalized spacial score (nSPS) is 6.60. The van der Waals surface area contributed by atoms with E-state index in [1.165, 1.54) is 10.8 Å². The van der Waals surface area contributed by atoms with Crippen molar-refractivity contribution in [2.75, 3.05) is 0 Å². The first-order chi connectivity index (χ1) is 21.5. The molecule has 43 heavy (non-hydrogen) atoms. The molecule has 0 spiro atoms. The van der Waals surface area contributed by atoms with E-state index < -0.39 is 0 Å². The Kier molecular flexibility index (Phi) is 92.8. The van der Waals surface area contributed by atoms with Gasteiger partial charge in [-0.05, 0) is 33.7 Å². The molecule has 0 unspecified atom stereocenters. The van der Waals surface area contributed by atoms with Gasteiger partial charge in [-0.1, -0.05) is 214 Å². The fourth-order valence-electron chi connectivity index (χ4n) is 2.06. The van der Waals surface area contributed by atoms with E-state index >= 15 is 0 Å². The van der Waals surface area contributed by atoms with Gasteiger partial charge in [0, 0.05) is 12.4 Å². The van der Waals surface area contributed by atoms with E-state index in [0.717, 1.165) is 0 Å². The third-order valence-electron chi connectivity index (χ3n) is 3.32. The van der Waals surface area contributed by atoms with Crippen molar-refractivity contribution < 1.29 is 0 Å². The average molecular weight is 610 g/mol. The lowest BCUT2D eigenvalue weighted by molar-refractivity contribution is 1.33. The molecular formula is C41H71NS. The molecule has 0 aliphatic heterocycles. The molecule has 0 saturated heterocycles. The van der Waals surface area contributed by atoms with Gasteiger partial charge in [-0.2, -0.15) is 11.3 Å². The van der Waals surface area contributed by atoms with E-state index in [1.807, 2.05) is 188 Å². The predicted molar refractivity (Wildman–Crippen MR) is 210 cm³/mol. The van der Waals surface area contributed by atoms with Crippen LogP contribution >= 0.6 is 11.3 Å². The number of nitrogens with zero attached hydrogens (tertiary/aromatic N) is 1. The SMILES string of the molecule is CC.CC.CC.CC.CC.CC.CC.CC.c1ccc2ccccc2c1.c1ccccc1.c1ccncc1.c1ccsc1. The highest BCUT2D eigenvalue weighted by atomic mass is 32.1. The Balaban J connectivity index is -0.0000000709. The van der Waals surface area contributed by atoms with Crippen LogP contribution in [0.2, 0.25) is 0 Å². The molecule has 2 heterocycles. The summed E-state index contributed by atoms with van der Waals surface area (Å²) in [5.74, 6) is 0. The third kappa shape index (κ3) is 51.9. The highest BCUT2D eigenvalue weighted by Crippen LogP contribution is 2.11. The lowest BCUT2D eigenvalue weighted by Crippen LogP contribution is -1.67. The number of hydrogen-bond acceptors (Lipinski definition) is 2. The Bertz CT molecular complexity index is 754. The summed E-state index contributed by atoms with van der Waals surface area (Å²) < 4.78 is 0. The van der Waals surface area contributed by atoms with Gasteiger partial charge in [0.2, 0.25) is 0 Å². The molecule has 5 aromatic rings. The zero-order valence-corrected chi connectivity index (χ0v) is 32.0. The summed E-state index contributed by atoms with van der Waals surface area (Å²) in [7, 11) is 0. The van der Waals surface area contributed by atoms with Crippen molar-refractivity contribution in [3.05, 3.63) is 138 Å². The molecular weight excluding hydrogens is 539 g/mol. The van der Waals surface area contributed by atoms with E-state index in [4.69, 9.17) is 0 Å². The molecule has 0 aliphatic rings. The molecule has 0 amide bonds. The third-order valence-corrected chi connectivity index (χ3v) is 3.95. The van der Waals surface area contributed by atoms with E-state index in [1.54, 1.807) is 23.7 Å². The Labute approximate surface area is 275 Å². The maximum atomic E-state index is 3.78. The molecule has 246 valence electrons. The number of rotatable bonds is 0. The summed E-state index contributed by atoms with van der Waals surface area (Å²) in [4.78, 5) is 3.78. The zero-order valence-electron chi connectivity index (χ0n) is 31.1. The Morgan fingerprint density at radius 2 is 0.535 bits per heavy atom. The minimum absolute atomic E-state index is 1.31. The topological polar surface area (TPSA) is 12.9 Å². The van der Waals surface area contributed by atoms with Crippen molar-refractivity contribution >= 4 is 22.1 Å². The van der Waals surface area contributed by atoms with E-state index in [-0.39, 0.29) is 0 Å². The van der Waals surface area contributed by atoms with Gasteiger partial charge >= 0.3 is 0 Å². The molecule has 1 nitrogen and oxygen atoms in total. The van der Waals surface area contributed by atoms with Crippen LogP contribution in [0.1, 0.15) is 111 Å². The van der Waals surface area contributed by atoms with Crippen LogP contribution in [0.5, 0.6) is 0 Å². The highest BCUT2D eigenvalue weighted by molar-refractivity contribution is 7.07. The van der Waals surface area contributed by atoms with Crippen LogP contribution in [0.3, 0.4) is 0 Å². The highest BCUT2D eigenvalue weighted by Gasteiger charge is 1.85. The first-order valence-electron chi connectivity index (χ1n) is 16.7. The second-order valence-corrected chi connectivity index (χ2v) is 6.14. The van der Waals surface area contributed by atoms with Crippen molar-refractivity contribution in [1.29, 1.82) is 0 Å². The van der Waals surface area contributed by atoms with Crippen molar-refractivity contribution in [2.45, 2.75) is 111 Å². The molecule has 2 aromatic heterocycles. The molecule has 3 aromatic carbocycles. The average Bonchev–Trinajstić information content (AvgIpc) is 3.78. The van der Waals surface area contributed by atoms with Gasteiger partial charge in [-0.25, -0.2) is 0 Å². The van der Waals surface area contributed by atoms with Crippen LogP contribution in [0, 0.1) is 0 Å². The van der Waals surface area contributed by atoms with Crippen LogP contribution < -0.4 is 0 Å². The van der Waals surface area contributed by atoms with Crippen LogP contribution in [-0.2, 0) is 0 Å². The maximum Gasteiger partial charge on any atom is 0.0267 e. The maximum absolute atomic E-state index is 3.78. The molecule has 0 N–H and O–H groups in total. The van der Waals surface area contributed by atoms with Gasteiger partial charge in [-0.3, -0.25) is 4.98 Å². The zero-order chi connectivity index (χ0) is 34.8. The van der Waals surface area contributed by atoms with Gasteiger partial charge in [0.15, 0.2) is 0 Å². The number of benzene rings is 3. The Hall–Kier alpha value is -3.23. The van der Waals surface area contributed by atoms with Gasteiger partial charge in [0.25, 0.3) is 0 Å². The van der Waals surface area contributed by atoms with E-state index in [9.17, 15) is 0 Å². The van der Waals surface area contributed by atoms with Crippen molar-refractivity contribution in [2.24, 2.45) is 0 Å². The summed E-state index contributed by atoms with van der Waals surface area (Å²) in [6, 6.07) is 38.5. The van der Waals surface area contributed by atoms with Crippen LogP contribution in [0.4, 0.5) is 0 Å². The fraction of sp³-hybridized carbons (Fsp3) is 0.390. The lowest BCUT2D eigenvalue weighted by atomic mass is 10.1. The van der Waals surface area contributed by atoms with Gasteiger partial charge < -0.3 is 0 Å². The summed E-state index contributed by atoms with van der Waals surface area (Å²) in [6.45, 7) is 32.0. The number of thiophene rings is 1. The monoisotopic (exact) mass is 610 g/mol. The molecule has 0 atom stereocenters. The van der Waals surface area contributed by atoms with Gasteiger partial charge in [-0.15, -0.1) is 0 Å². The largest absolute Gasteiger partial charge is 0.265 e. The molecule has 2 heteroatoms. The first-order valence-corrected chi connectivity index (χ1v) is 17.7. The second-order valence-electron chi connectivity index (χ2n) is 5.32. The Morgan fingerprint density at radius 1 is 0.302 bits per heavy atom. The van der Waals surface area contributed by atoms with E-state index in [0.29, 0.717) is 0 Å². The lowest BCUT2D eigenvalue weighted by Gasteiger charge is -1.92. The number of pyridine rings is 1. The summed E-state index contributed by atoms with van der Waals surface area (Å²) >= 11 is 1.71. The molecule has 0 bridgehead atoms. The predicted octanol–water partition coefficient (Wildman–Crippen LogP) is 15.6. The fourth-order valence-corrected chi connectivity index (χ4v) is 2.51. The quantitative estimate of drug-likeness (QED) is 0.170. The number of aromatic nitrogens is 1. The van der Waals surface area contributed by atoms with Crippen LogP contribution in [-0.4, -0.2) is 4.98 Å². The Morgan fingerprint density at radius 3 is 0.674 bits per heavy atom. The van der Waals surface area contributed by atoms with Crippen molar-refractivity contribution in [1.82, 2.24) is 4.98 Å². The summed E-state index contributed by atoms with van der Waals surface area (Å²) in [6.07, 6.45) is 3.50. The second kappa shape index (κ2) is 71.7. The summed E-state index contributed by atoms with van der Waals surface area (Å²) in [5.41, 5.74) is 0. The minimum Gasteiger partial charge on any atom is -0.265 e. The van der Waals surface area contributed by atoms with Gasteiger partial charge in [0.05, 0.1) is 0 Å². The van der Waals surface area contributed by atoms with Crippen LogP contribution in [0.15, 0.2) is 138 Å².